The lowest BCUT2D eigenvalue weighted by Gasteiger charge is -2.13. The molecule has 7 heteroatoms. The van der Waals surface area contributed by atoms with Crippen LogP contribution in [0.4, 0.5) is 0 Å². The van der Waals surface area contributed by atoms with Crippen molar-refractivity contribution in [2.24, 2.45) is 0 Å². The number of rotatable bonds is 3. The van der Waals surface area contributed by atoms with Crippen LogP contribution in [0.1, 0.15) is 24.1 Å². The van der Waals surface area contributed by atoms with Gasteiger partial charge in [-0.1, -0.05) is 11.6 Å². The Morgan fingerprint density at radius 1 is 1.22 bits per heavy atom. The Morgan fingerprint density at radius 2 is 1.83 bits per heavy atom. The third-order valence-corrected chi connectivity index (χ3v) is 3.60. The molecule has 1 N–H and O–H groups in total. The molecule has 0 fully saturated rings. The Morgan fingerprint density at radius 3 is 2.39 bits per heavy atom. The topological polar surface area (TPSA) is 107 Å². The van der Waals surface area contributed by atoms with E-state index in [1.165, 1.54) is 31.3 Å². The molecule has 6 nitrogen and oxygen atoms in total. The van der Waals surface area contributed by atoms with Gasteiger partial charge >= 0.3 is 5.97 Å². The monoisotopic (exact) mass is 327 g/mol. The van der Waals surface area contributed by atoms with Crippen LogP contribution in [-0.4, -0.2) is 15.6 Å². The third-order valence-electron chi connectivity index (χ3n) is 3.37. The second-order valence-corrected chi connectivity index (χ2v) is 5.21. The molecule has 0 saturated heterocycles. The van der Waals surface area contributed by atoms with E-state index < -0.39 is 17.6 Å². The van der Waals surface area contributed by atoms with Crippen LogP contribution in [0, 0.1) is 22.7 Å². The normalized spacial score (nSPS) is 11.3. The standard InChI is InChI=1S/C16H10ClN3O3/c1-9(16(22)23)20-8-11(7-19)14(5-15(20)21)13-4-12(17)3-2-10(13)6-18/h2-5,8-9H,1H3,(H,22,23). The molecule has 1 unspecified atom stereocenters. The van der Waals surface area contributed by atoms with Crippen molar-refractivity contribution in [1.29, 1.82) is 10.5 Å². The fourth-order valence-corrected chi connectivity index (χ4v) is 2.29. The molecule has 1 atom stereocenters. The quantitative estimate of drug-likeness (QED) is 0.932. The Kier molecular flexibility index (Phi) is 4.49. The zero-order chi connectivity index (χ0) is 17.1. The summed E-state index contributed by atoms with van der Waals surface area (Å²) in [6, 6.07) is 8.44. The van der Waals surface area contributed by atoms with E-state index in [0.29, 0.717) is 10.6 Å². The molecule has 2 aromatic rings. The number of nitriles is 2. The Hall–Kier alpha value is -3.09. The van der Waals surface area contributed by atoms with Crippen molar-refractivity contribution in [2.75, 3.05) is 0 Å². The number of carbonyl (C=O) groups is 1. The lowest BCUT2D eigenvalue weighted by molar-refractivity contribution is -0.140. The first-order valence-electron chi connectivity index (χ1n) is 6.48. The van der Waals surface area contributed by atoms with E-state index >= 15 is 0 Å². The highest BCUT2D eigenvalue weighted by Gasteiger charge is 2.18. The zero-order valence-corrected chi connectivity index (χ0v) is 12.7. The molecule has 2 rings (SSSR count). The summed E-state index contributed by atoms with van der Waals surface area (Å²) < 4.78 is 0.959. The summed E-state index contributed by atoms with van der Waals surface area (Å²) in [5, 5.41) is 27.9. The van der Waals surface area contributed by atoms with E-state index in [-0.39, 0.29) is 16.7 Å². The van der Waals surface area contributed by atoms with Crippen LogP contribution in [0.15, 0.2) is 35.3 Å². The molecule has 0 radical (unpaired) electrons. The average Bonchev–Trinajstić information content (AvgIpc) is 2.53. The van der Waals surface area contributed by atoms with Gasteiger partial charge in [0.15, 0.2) is 0 Å². The van der Waals surface area contributed by atoms with E-state index in [0.717, 1.165) is 10.6 Å². The molecule has 23 heavy (non-hydrogen) atoms. The maximum absolute atomic E-state index is 12.2. The van der Waals surface area contributed by atoms with Gasteiger partial charge in [-0.25, -0.2) is 4.79 Å². The number of carboxylic acids is 1. The minimum absolute atomic E-state index is 0.0801. The van der Waals surface area contributed by atoms with Crippen molar-refractivity contribution in [3.05, 3.63) is 57.0 Å². The highest BCUT2D eigenvalue weighted by atomic mass is 35.5. The number of halogens is 1. The van der Waals surface area contributed by atoms with E-state index in [1.54, 1.807) is 0 Å². The van der Waals surface area contributed by atoms with Crippen LogP contribution in [0.2, 0.25) is 5.02 Å². The number of pyridine rings is 1. The summed E-state index contributed by atoms with van der Waals surface area (Å²) in [6.07, 6.45) is 1.18. The smallest absolute Gasteiger partial charge is 0.326 e. The van der Waals surface area contributed by atoms with Gasteiger partial charge in [-0.3, -0.25) is 4.79 Å². The van der Waals surface area contributed by atoms with E-state index in [4.69, 9.17) is 16.7 Å². The van der Waals surface area contributed by atoms with Gasteiger partial charge in [0.2, 0.25) is 0 Å². The average molecular weight is 328 g/mol. The second kappa shape index (κ2) is 6.35. The molecular formula is C16H10ClN3O3. The van der Waals surface area contributed by atoms with Crippen LogP contribution < -0.4 is 5.56 Å². The minimum atomic E-state index is -1.19. The van der Waals surface area contributed by atoms with Gasteiger partial charge in [-0.2, -0.15) is 10.5 Å². The van der Waals surface area contributed by atoms with Crippen LogP contribution >= 0.6 is 11.6 Å². The Bertz CT molecular complexity index is 935. The van der Waals surface area contributed by atoms with Gasteiger partial charge < -0.3 is 9.67 Å². The SMILES string of the molecule is CC(C(=O)O)n1cc(C#N)c(-c2cc(Cl)ccc2C#N)cc1=O. The predicted molar refractivity (Wildman–Crippen MR) is 82.9 cm³/mol. The molecule has 0 aliphatic rings. The van der Waals surface area contributed by atoms with E-state index in [1.807, 2.05) is 12.1 Å². The van der Waals surface area contributed by atoms with Crippen molar-refractivity contribution in [2.45, 2.75) is 13.0 Å². The van der Waals surface area contributed by atoms with Crippen LogP contribution in [0.25, 0.3) is 11.1 Å². The molecule has 0 spiro atoms. The lowest BCUT2D eigenvalue weighted by Crippen LogP contribution is -2.27. The molecule has 1 aromatic carbocycles. The Balaban J connectivity index is 2.77. The molecule has 0 aliphatic carbocycles. The number of benzene rings is 1. The largest absolute Gasteiger partial charge is 0.480 e. The summed E-state index contributed by atoms with van der Waals surface area (Å²) in [7, 11) is 0. The summed E-state index contributed by atoms with van der Waals surface area (Å²) in [5.74, 6) is -1.19. The van der Waals surface area contributed by atoms with E-state index in [2.05, 4.69) is 0 Å². The molecule has 1 aromatic heterocycles. The summed E-state index contributed by atoms with van der Waals surface area (Å²) >= 11 is 5.93. The molecule has 0 amide bonds. The molecule has 114 valence electrons. The van der Waals surface area contributed by atoms with E-state index in [9.17, 15) is 20.1 Å². The van der Waals surface area contributed by atoms with Gasteiger partial charge in [0.05, 0.1) is 17.2 Å². The highest BCUT2D eigenvalue weighted by molar-refractivity contribution is 6.31. The van der Waals surface area contributed by atoms with Gasteiger partial charge in [-0.15, -0.1) is 0 Å². The predicted octanol–water partition coefficient (Wildman–Crippen LogP) is 2.56. The number of nitrogens with zero attached hydrogens (tertiary/aromatic N) is 3. The van der Waals surface area contributed by atoms with Crippen molar-refractivity contribution in [3.63, 3.8) is 0 Å². The second-order valence-electron chi connectivity index (χ2n) is 4.77. The summed E-state index contributed by atoms with van der Waals surface area (Å²) in [5.41, 5.74) is 0.345. The van der Waals surface area contributed by atoms with Gasteiger partial charge in [0, 0.05) is 28.4 Å². The third kappa shape index (κ3) is 3.08. The number of hydrogen-bond donors (Lipinski definition) is 1. The first-order valence-corrected chi connectivity index (χ1v) is 6.86. The lowest BCUT2D eigenvalue weighted by atomic mass is 9.97. The molecule has 0 saturated carbocycles. The maximum Gasteiger partial charge on any atom is 0.326 e. The number of hydrogen-bond acceptors (Lipinski definition) is 4. The van der Waals surface area contributed by atoms with Gasteiger partial charge in [0.25, 0.3) is 5.56 Å². The first kappa shape index (κ1) is 16.3. The fraction of sp³-hybridized carbons (Fsp3) is 0.125. The number of aromatic nitrogens is 1. The maximum atomic E-state index is 12.2. The van der Waals surface area contributed by atoms with Gasteiger partial charge in [0.1, 0.15) is 12.1 Å². The van der Waals surface area contributed by atoms with Crippen LogP contribution in [0.5, 0.6) is 0 Å². The number of aliphatic carboxylic acids is 1. The number of carboxylic acid groups (broad SMARTS) is 1. The van der Waals surface area contributed by atoms with Crippen molar-refractivity contribution in [3.8, 4) is 23.3 Å². The first-order chi connectivity index (χ1) is 10.9. The highest BCUT2D eigenvalue weighted by Crippen LogP contribution is 2.28. The molecular weight excluding hydrogens is 318 g/mol. The molecule has 1 heterocycles. The zero-order valence-electron chi connectivity index (χ0n) is 11.9. The summed E-state index contributed by atoms with van der Waals surface area (Å²) in [4.78, 5) is 23.2. The molecule has 0 aliphatic heterocycles. The van der Waals surface area contributed by atoms with Crippen molar-refractivity contribution < 1.29 is 9.90 Å². The molecule has 0 bridgehead atoms. The van der Waals surface area contributed by atoms with Crippen molar-refractivity contribution >= 4 is 17.6 Å². The van der Waals surface area contributed by atoms with Crippen molar-refractivity contribution in [1.82, 2.24) is 4.57 Å². The fourth-order valence-electron chi connectivity index (χ4n) is 2.12. The minimum Gasteiger partial charge on any atom is -0.480 e. The van der Waals surface area contributed by atoms with Crippen LogP contribution in [0.3, 0.4) is 0 Å². The Labute approximate surface area is 136 Å². The van der Waals surface area contributed by atoms with Crippen LogP contribution in [-0.2, 0) is 4.79 Å². The van der Waals surface area contributed by atoms with Gasteiger partial charge in [-0.05, 0) is 25.1 Å². The summed E-state index contributed by atoms with van der Waals surface area (Å²) in [6.45, 7) is 1.34.